The molecule has 1 amide bonds. The maximum absolute atomic E-state index is 12.9. The van der Waals surface area contributed by atoms with Crippen molar-refractivity contribution in [2.24, 2.45) is 5.92 Å². The highest BCUT2D eigenvalue weighted by Gasteiger charge is 2.28. The molecule has 1 saturated heterocycles. The molecule has 1 aliphatic rings. The molecule has 1 fully saturated rings. The lowest BCUT2D eigenvalue weighted by molar-refractivity contribution is 0.0620. The maximum Gasteiger partial charge on any atom is 0.258 e. The molecule has 1 unspecified atom stereocenters. The van der Waals surface area contributed by atoms with Crippen molar-refractivity contribution in [1.29, 1.82) is 0 Å². The van der Waals surface area contributed by atoms with E-state index >= 15 is 0 Å². The molecule has 0 bridgehead atoms. The minimum atomic E-state index is -0.0253. The Kier molecular flexibility index (Phi) is 4.07. The van der Waals surface area contributed by atoms with E-state index in [0.717, 1.165) is 24.8 Å². The zero-order valence-electron chi connectivity index (χ0n) is 13.0. The Morgan fingerprint density at radius 3 is 3.05 bits per heavy atom. The van der Waals surface area contributed by atoms with Crippen LogP contribution in [0.5, 0.6) is 5.75 Å². The Labute approximate surface area is 129 Å². The second-order valence-corrected chi connectivity index (χ2v) is 5.84. The molecular weight excluding hydrogens is 282 g/mol. The van der Waals surface area contributed by atoms with Crippen LogP contribution in [0.3, 0.4) is 0 Å². The molecule has 1 aromatic carbocycles. The highest BCUT2D eigenvalue weighted by atomic mass is 16.5. The van der Waals surface area contributed by atoms with Gasteiger partial charge in [-0.25, -0.2) is 0 Å². The van der Waals surface area contributed by atoms with Crippen molar-refractivity contribution in [3.8, 4) is 5.75 Å². The average molecular weight is 303 g/mol. The number of aryl methyl sites for hydroxylation is 1. The molecule has 1 aromatic heterocycles. The summed E-state index contributed by atoms with van der Waals surface area (Å²) in [5.41, 5.74) is 1.30. The fraction of sp³-hybridized carbons (Fsp3) is 0.471. The lowest BCUT2D eigenvalue weighted by Crippen LogP contribution is -2.41. The van der Waals surface area contributed by atoms with E-state index in [9.17, 15) is 9.90 Å². The second-order valence-electron chi connectivity index (χ2n) is 5.84. The summed E-state index contributed by atoms with van der Waals surface area (Å²) in [5.74, 6) is 1.47. The third-order valence-electron chi connectivity index (χ3n) is 4.35. The van der Waals surface area contributed by atoms with Crippen molar-refractivity contribution in [2.75, 3.05) is 26.8 Å². The van der Waals surface area contributed by atoms with Gasteiger partial charge in [0.2, 0.25) is 0 Å². The lowest BCUT2D eigenvalue weighted by Gasteiger charge is -2.31. The van der Waals surface area contributed by atoms with E-state index in [0.29, 0.717) is 29.2 Å². The fourth-order valence-corrected chi connectivity index (χ4v) is 3.15. The van der Waals surface area contributed by atoms with Gasteiger partial charge in [0.25, 0.3) is 5.91 Å². The zero-order valence-corrected chi connectivity index (χ0v) is 13.0. The number of ether oxygens (including phenoxy) is 1. The molecule has 0 saturated carbocycles. The number of hydrogen-bond acceptors (Lipinski definition) is 4. The van der Waals surface area contributed by atoms with Gasteiger partial charge in [-0.1, -0.05) is 0 Å². The number of aliphatic hydroxyl groups excluding tert-OH is 1. The van der Waals surface area contributed by atoms with Crippen LogP contribution in [0.15, 0.2) is 22.6 Å². The Morgan fingerprint density at radius 1 is 1.50 bits per heavy atom. The highest BCUT2D eigenvalue weighted by Crippen LogP contribution is 2.31. The molecule has 1 atom stereocenters. The largest absolute Gasteiger partial charge is 0.497 e. The monoisotopic (exact) mass is 303 g/mol. The molecule has 0 aliphatic carbocycles. The number of furan rings is 1. The molecule has 1 aliphatic heterocycles. The molecular formula is C17H21NO4. The summed E-state index contributed by atoms with van der Waals surface area (Å²) in [7, 11) is 1.60. The summed E-state index contributed by atoms with van der Waals surface area (Å²) >= 11 is 0. The van der Waals surface area contributed by atoms with E-state index < -0.39 is 0 Å². The molecule has 0 spiro atoms. The Balaban J connectivity index is 1.97. The number of likely N-dealkylation sites (tertiary alicyclic amines) is 1. The van der Waals surface area contributed by atoms with Crippen molar-refractivity contribution >= 4 is 16.9 Å². The van der Waals surface area contributed by atoms with Crippen LogP contribution in [0.1, 0.15) is 29.0 Å². The van der Waals surface area contributed by atoms with Gasteiger partial charge < -0.3 is 19.2 Å². The average Bonchev–Trinajstić information content (AvgIpc) is 2.89. The van der Waals surface area contributed by atoms with Gasteiger partial charge >= 0.3 is 0 Å². The van der Waals surface area contributed by atoms with Crippen molar-refractivity contribution < 1.29 is 19.1 Å². The number of aliphatic hydroxyl groups is 1. The SMILES string of the molecule is COc1ccc2oc(C)c(C(=O)N3CCCC(CO)C3)c2c1. The van der Waals surface area contributed by atoms with Crippen molar-refractivity contribution in [1.82, 2.24) is 4.90 Å². The van der Waals surface area contributed by atoms with Crippen molar-refractivity contribution in [2.45, 2.75) is 19.8 Å². The number of rotatable bonds is 3. The molecule has 118 valence electrons. The third-order valence-corrected chi connectivity index (χ3v) is 4.35. The minimum Gasteiger partial charge on any atom is -0.497 e. The van der Waals surface area contributed by atoms with Gasteiger partial charge in [0.1, 0.15) is 17.1 Å². The van der Waals surface area contributed by atoms with Gasteiger partial charge in [-0.15, -0.1) is 0 Å². The van der Waals surface area contributed by atoms with Crippen LogP contribution >= 0.6 is 0 Å². The van der Waals surface area contributed by atoms with E-state index in [-0.39, 0.29) is 18.4 Å². The standard InChI is InChI=1S/C17H21NO4/c1-11-16(14-8-13(21-2)5-6-15(14)22-11)17(20)18-7-3-4-12(9-18)10-19/h5-6,8,12,19H,3-4,7,9-10H2,1-2H3. The Bertz CT molecular complexity index is 691. The van der Waals surface area contributed by atoms with Gasteiger partial charge in [-0.3, -0.25) is 4.79 Å². The molecule has 5 heteroatoms. The molecule has 3 rings (SSSR count). The molecule has 1 N–H and O–H groups in total. The normalized spacial score (nSPS) is 18.7. The summed E-state index contributed by atoms with van der Waals surface area (Å²) in [4.78, 5) is 14.7. The topological polar surface area (TPSA) is 62.9 Å². The van der Waals surface area contributed by atoms with Gasteiger partial charge in [-0.2, -0.15) is 0 Å². The quantitative estimate of drug-likeness (QED) is 0.946. The van der Waals surface area contributed by atoms with Crippen LogP contribution in [0.4, 0.5) is 0 Å². The number of amides is 1. The number of piperidine rings is 1. The first-order valence-corrected chi connectivity index (χ1v) is 7.61. The number of hydrogen-bond donors (Lipinski definition) is 1. The summed E-state index contributed by atoms with van der Waals surface area (Å²) in [5, 5.41) is 10.1. The van der Waals surface area contributed by atoms with Gasteiger partial charge in [-0.05, 0) is 43.9 Å². The van der Waals surface area contributed by atoms with E-state index in [1.54, 1.807) is 7.11 Å². The number of fused-ring (bicyclic) bond motifs is 1. The zero-order chi connectivity index (χ0) is 15.7. The maximum atomic E-state index is 12.9. The van der Waals surface area contributed by atoms with E-state index in [4.69, 9.17) is 9.15 Å². The smallest absolute Gasteiger partial charge is 0.258 e. The molecule has 22 heavy (non-hydrogen) atoms. The van der Waals surface area contributed by atoms with Crippen molar-refractivity contribution in [3.63, 3.8) is 0 Å². The molecule has 5 nitrogen and oxygen atoms in total. The Hall–Kier alpha value is -2.01. The van der Waals surface area contributed by atoms with Crippen LogP contribution < -0.4 is 4.74 Å². The first kappa shape index (κ1) is 14.9. The first-order valence-electron chi connectivity index (χ1n) is 7.61. The van der Waals surface area contributed by atoms with Gasteiger partial charge in [0.05, 0.1) is 12.7 Å². The van der Waals surface area contributed by atoms with Crippen LogP contribution in [0.25, 0.3) is 11.0 Å². The fourth-order valence-electron chi connectivity index (χ4n) is 3.15. The van der Waals surface area contributed by atoms with Gasteiger partial charge in [0, 0.05) is 25.1 Å². The molecule has 0 radical (unpaired) electrons. The lowest BCUT2D eigenvalue weighted by atomic mass is 9.98. The predicted octanol–water partition coefficient (Wildman–Crippen LogP) is 2.59. The summed E-state index contributed by atoms with van der Waals surface area (Å²) in [6.07, 6.45) is 1.90. The number of benzene rings is 1. The second kappa shape index (κ2) is 6.01. The molecule has 2 heterocycles. The van der Waals surface area contributed by atoms with E-state index in [1.807, 2.05) is 30.0 Å². The number of nitrogens with zero attached hydrogens (tertiary/aromatic N) is 1. The highest BCUT2D eigenvalue weighted by molar-refractivity contribution is 6.07. The van der Waals surface area contributed by atoms with Crippen LogP contribution in [0, 0.1) is 12.8 Å². The number of carbonyl (C=O) groups is 1. The van der Waals surface area contributed by atoms with Crippen LogP contribution in [-0.4, -0.2) is 42.7 Å². The summed E-state index contributed by atoms with van der Waals surface area (Å²) in [6.45, 7) is 3.27. The molecule has 2 aromatic rings. The van der Waals surface area contributed by atoms with E-state index in [1.165, 1.54) is 0 Å². The number of methoxy groups -OCH3 is 1. The summed E-state index contributed by atoms with van der Waals surface area (Å²) in [6, 6.07) is 5.49. The summed E-state index contributed by atoms with van der Waals surface area (Å²) < 4.78 is 11.0. The van der Waals surface area contributed by atoms with Crippen LogP contribution in [0.2, 0.25) is 0 Å². The van der Waals surface area contributed by atoms with E-state index in [2.05, 4.69) is 0 Å². The Morgan fingerprint density at radius 2 is 2.32 bits per heavy atom. The minimum absolute atomic E-state index is 0.0253. The number of carbonyl (C=O) groups excluding carboxylic acids is 1. The van der Waals surface area contributed by atoms with Gasteiger partial charge in [0.15, 0.2) is 0 Å². The first-order chi connectivity index (χ1) is 10.6. The van der Waals surface area contributed by atoms with Crippen LogP contribution in [-0.2, 0) is 0 Å². The third kappa shape index (κ3) is 2.57. The van der Waals surface area contributed by atoms with Crippen molar-refractivity contribution in [3.05, 3.63) is 29.5 Å². The predicted molar refractivity (Wildman–Crippen MR) is 83.2 cm³/mol.